The summed E-state index contributed by atoms with van der Waals surface area (Å²) in [6, 6.07) is 11.4. The van der Waals surface area contributed by atoms with E-state index in [1.54, 1.807) is 0 Å². The molecule has 1 amide bonds. The van der Waals surface area contributed by atoms with Crippen LogP contribution in [0.25, 0.3) is 0 Å². The predicted molar refractivity (Wildman–Crippen MR) is 106 cm³/mol. The van der Waals surface area contributed by atoms with Crippen LogP contribution in [0.5, 0.6) is 0 Å². The molecule has 6 nitrogen and oxygen atoms in total. The van der Waals surface area contributed by atoms with Crippen molar-refractivity contribution in [3.8, 4) is 0 Å². The Morgan fingerprint density at radius 3 is 2.27 bits per heavy atom. The monoisotopic (exact) mass is 371 g/mol. The Morgan fingerprint density at radius 1 is 1.04 bits per heavy atom. The number of hydrogen-bond acceptors (Lipinski definition) is 6. The first-order valence-corrected chi connectivity index (χ1v) is 9.92. The van der Waals surface area contributed by atoms with E-state index in [2.05, 4.69) is 15.3 Å². The number of amides is 1. The Kier molecular flexibility index (Phi) is 6.33. The van der Waals surface area contributed by atoms with E-state index < -0.39 is 5.25 Å². The summed E-state index contributed by atoms with van der Waals surface area (Å²) in [5, 5.41) is 3.19. The molecule has 0 aliphatic heterocycles. The second-order valence-electron chi connectivity index (χ2n) is 6.61. The molecule has 1 heterocycles. The molecular formula is C19H25N5OS. The van der Waals surface area contributed by atoms with Gasteiger partial charge in [0.2, 0.25) is 5.91 Å². The van der Waals surface area contributed by atoms with Crippen LogP contribution in [0, 0.1) is 0 Å². The molecule has 1 atom stereocenters. The zero-order chi connectivity index (χ0) is 18.4. The number of nitrogens with two attached hydrogens (primary N) is 2. The first-order valence-electron chi connectivity index (χ1n) is 9.04. The predicted octanol–water partition coefficient (Wildman–Crippen LogP) is 3.31. The van der Waals surface area contributed by atoms with Crippen LogP contribution in [0.4, 0.5) is 11.6 Å². The minimum atomic E-state index is -0.444. The molecule has 1 saturated carbocycles. The molecule has 0 saturated heterocycles. The van der Waals surface area contributed by atoms with E-state index >= 15 is 0 Å². The average Bonchev–Trinajstić information content (AvgIpc) is 2.88. The molecule has 1 aromatic carbocycles. The quantitative estimate of drug-likeness (QED) is 0.423. The lowest BCUT2D eigenvalue weighted by Crippen LogP contribution is -2.37. The van der Waals surface area contributed by atoms with Crippen molar-refractivity contribution in [1.29, 1.82) is 0 Å². The lowest BCUT2D eigenvalue weighted by Gasteiger charge is -2.21. The van der Waals surface area contributed by atoms with Crippen molar-refractivity contribution < 1.29 is 4.79 Å². The molecule has 1 aromatic heterocycles. The van der Waals surface area contributed by atoms with E-state index in [0.29, 0.717) is 16.8 Å². The fourth-order valence-electron chi connectivity index (χ4n) is 3.22. The minimum absolute atomic E-state index is 0.0160. The number of thioether (sulfide) groups is 1. The zero-order valence-electron chi connectivity index (χ0n) is 14.7. The van der Waals surface area contributed by atoms with Crippen molar-refractivity contribution in [3.05, 3.63) is 42.0 Å². The number of nitrogens with one attached hydrogen (secondary N) is 1. The molecule has 0 spiro atoms. The third kappa shape index (κ3) is 5.11. The van der Waals surface area contributed by atoms with E-state index in [0.717, 1.165) is 18.4 Å². The molecule has 1 aliphatic carbocycles. The van der Waals surface area contributed by atoms with Crippen LogP contribution in [0.2, 0.25) is 0 Å². The van der Waals surface area contributed by atoms with Gasteiger partial charge in [-0.05, 0) is 18.4 Å². The number of nitrogen functional groups attached to an aromatic ring is 2. The molecule has 0 radical (unpaired) electrons. The van der Waals surface area contributed by atoms with Crippen LogP contribution < -0.4 is 16.8 Å². The molecule has 2 aromatic rings. The highest BCUT2D eigenvalue weighted by atomic mass is 32.2. The Labute approximate surface area is 158 Å². The van der Waals surface area contributed by atoms with E-state index in [9.17, 15) is 4.79 Å². The highest BCUT2D eigenvalue weighted by molar-refractivity contribution is 8.00. The van der Waals surface area contributed by atoms with Crippen molar-refractivity contribution in [2.24, 2.45) is 0 Å². The van der Waals surface area contributed by atoms with Gasteiger partial charge >= 0.3 is 0 Å². The van der Waals surface area contributed by atoms with Gasteiger partial charge < -0.3 is 16.8 Å². The lowest BCUT2D eigenvalue weighted by molar-refractivity contribution is -0.121. The molecule has 7 heteroatoms. The zero-order valence-corrected chi connectivity index (χ0v) is 15.5. The first-order chi connectivity index (χ1) is 12.6. The number of rotatable bonds is 5. The van der Waals surface area contributed by atoms with Gasteiger partial charge in [-0.1, -0.05) is 67.8 Å². The number of carbonyl (C=O) groups excluding carboxylic acids is 1. The number of benzene rings is 1. The van der Waals surface area contributed by atoms with E-state index in [4.69, 9.17) is 11.5 Å². The van der Waals surface area contributed by atoms with Gasteiger partial charge in [-0.25, -0.2) is 9.97 Å². The normalized spacial score (nSPS) is 16.6. The van der Waals surface area contributed by atoms with Crippen molar-refractivity contribution in [2.45, 2.75) is 55.0 Å². The number of hydrogen-bond donors (Lipinski definition) is 3. The SMILES string of the molecule is Nc1cc(N)nc(S[C@@H](C(=O)NC2CCCCCC2)c2ccccc2)n1. The molecule has 1 aliphatic rings. The Bertz CT molecular complexity index is 712. The maximum Gasteiger partial charge on any atom is 0.238 e. The molecule has 0 bridgehead atoms. The van der Waals surface area contributed by atoms with Crippen LogP contribution in [0.3, 0.4) is 0 Å². The summed E-state index contributed by atoms with van der Waals surface area (Å²) >= 11 is 1.28. The highest BCUT2D eigenvalue weighted by Crippen LogP contribution is 2.34. The third-order valence-electron chi connectivity index (χ3n) is 4.51. The maximum absolute atomic E-state index is 13.0. The number of nitrogens with zero attached hydrogens (tertiary/aromatic N) is 2. The molecule has 0 unspecified atom stereocenters. The molecule has 3 rings (SSSR count). The third-order valence-corrected chi connectivity index (χ3v) is 5.63. The smallest absolute Gasteiger partial charge is 0.238 e. The Morgan fingerprint density at radius 2 is 1.65 bits per heavy atom. The molecule has 26 heavy (non-hydrogen) atoms. The first kappa shape index (κ1) is 18.5. The van der Waals surface area contributed by atoms with Gasteiger partial charge in [0.05, 0.1) is 0 Å². The van der Waals surface area contributed by atoms with E-state index in [1.807, 2.05) is 30.3 Å². The molecular weight excluding hydrogens is 346 g/mol. The summed E-state index contributed by atoms with van der Waals surface area (Å²) in [6.45, 7) is 0. The number of aromatic nitrogens is 2. The van der Waals surface area contributed by atoms with Gasteiger partial charge in [0.25, 0.3) is 0 Å². The van der Waals surface area contributed by atoms with Crippen molar-refractivity contribution >= 4 is 29.3 Å². The highest BCUT2D eigenvalue weighted by Gasteiger charge is 2.26. The van der Waals surface area contributed by atoms with Crippen molar-refractivity contribution in [1.82, 2.24) is 15.3 Å². The van der Waals surface area contributed by atoms with Gasteiger partial charge in [-0.15, -0.1) is 0 Å². The molecule has 138 valence electrons. The van der Waals surface area contributed by atoms with Crippen LogP contribution in [0.15, 0.2) is 41.6 Å². The molecule has 5 N–H and O–H groups in total. The van der Waals surface area contributed by atoms with Crippen molar-refractivity contribution in [3.63, 3.8) is 0 Å². The summed E-state index contributed by atoms with van der Waals surface area (Å²) in [7, 11) is 0. The Hall–Kier alpha value is -2.28. The largest absolute Gasteiger partial charge is 0.383 e. The summed E-state index contributed by atoms with van der Waals surface area (Å²) in [5.74, 6) is 0.588. The van der Waals surface area contributed by atoms with Gasteiger partial charge in [-0.3, -0.25) is 4.79 Å². The minimum Gasteiger partial charge on any atom is -0.383 e. The van der Waals surface area contributed by atoms with Crippen LogP contribution in [-0.2, 0) is 4.79 Å². The fourth-order valence-corrected chi connectivity index (χ4v) is 4.22. The summed E-state index contributed by atoms with van der Waals surface area (Å²) in [5.41, 5.74) is 12.5. The van der Waals surface area contributed by atoms with Crippen molar-refractivity contribution in [2.75, 3.05) is 11.5 Å². The lowest BCUT2D eigenvalue weighted by atomic mass is 10.1. The van der Waals surface area contributed by atoms with E-state index in [1.165, 1.54) is 43.5 Å². The standard InChI is InChI=1S/C19H25N5OS/c20-15-12-16(21)24-19(23-15)26-17(13-8-4-3-5-9-13)18(25)22-14-10-6-1-2-7-11-14/h3-5,8-9,12,14,17H,1-2,6-7,10-11H2,(H,22,25)(H4,20,21,23,24)/t17-/m1/s1. The van der Waals surface area contributed by atoms with Crippen LogP contribution in [0.1, 0.15) is 49.3 Å². The topological polar surface area (TPSA) is 107 Å². The van der Waals surface area contributed by atoms with Crippen LogP contribution in [-0.4, -0.2) is 21.9 Å². The molecule has 1 fully saturated rings. The number of anilines is 2. The second-order valence-corrected chi connectivity index (χ2v) is 7.68. The van der Waals surface area contributed by atoms with Gasteiger partial charge in [0.1, 0.15) is 16.9 Å². The summed E-state index contributed by atoms with van der Waals surface area (Å²) < 4.78 is 0. The fraction of sp³-hybridized carbons (Fsp3) is 0.421. The van der Waals surface area contributed by atoms with E-state index in [-0.39, 0.29) is 11.9 Å². The summed E-state index contributed by atoms with van der Waals surface area (Å²) in [6.07, 6.45) is 6.92. The summed E-state index contributed by atoms with van der Waals surface area (Å²) in [4.78, 5) is 21.5. The van der Waals surface area contributed by atoms with Crippen LogP contribution >= 0.6 is 11.8 Å². The maximum atomic E-state index is 13.0. The second kappa shape index (κ2) is 8.89. The van der Waals surface area contributed by atoms with Gasteiger partial charge in [0.15, 0.2) is 5.16 Å². The van der Waals surface area contributed by atoms with Gasteiger partial charge in [-0.2, -0.15) is 0 Å². The Balaban J connectivity index is 1.79. The average molecular weight is 372 g/mol. The number of carbonyl (C=O) groups is 1. The van der Waals surface area contributed by atoms with Gasteiger partial charge in [0, 0.05) is 12.1 Å².